The molecular weight excluding hydrogens is 402 g/mol. The van der Waals surface area contributed by atoms with Crippen LogP contribution in [0.1, 0.15) is 17.5 Å². The summed E-state index contributed by atoms with van der Waals surface area (Å²) in [5.41, 5.74) is 11.7. The van der Waals surface area contributed by atoms with Gasteiger partial charge in [-0.05, 0) is 46.4 Å². The highest BCUT2D eigenvalue weighted by atomic mass is 35.5. The molecule has 1 atom stereocenters. The van der Waals surface area contributed by atoms with Gasteiger partial charge in [0.2, 0.25) is 5.29 Å². The molecular formula is C27H24ClN3. The molecule has 1 unspecified atom stereocenters. The SMILES string of the molecule is N/C(=N\C(Cl)=NCC1C=C(c2ccccc2)C=CC1)c1cccc(-c2ccccc2)c1. The highest BCUT2D eigenvalue weighted by molar-refractivity contribution is 6.65. The molecule has 0 saturated heterocycles. The van der Waals surface area contributed by atoms with Gasteiger partial charge in [0.25, 0.3) is 0 Å². The second kappa shape index (κ2) is 10.1. The van der Waals surface area contributed by atoms with Crippen molar-refractivity contribution in [1.29, 1.82) is 0 Å². The number of allylic oxidation sites excluding steroid dienone is 3. The summed E-state index contributed by atoms with van der Waals surface area (Å²) in [7, 11) is 0. The van der Waals surface area contributed by atoms with Crippen LogP contribution in [0.3, 0.4) is 0 Å². The first-order valence-electron chi connectivity index (χ1n) is 10.3. The normalized spacial score (nSPS) is 16.8. The molecule has 2 N–H and O–H groups in total. The second-order valence-electron chi connectivity index (χ2n) is 7.44. The molecule has 4 heteroatoms. The van der Waals surface area contributed by atoms with Crippen molar-refractivity contribution in [2.75, 3.05) is 6.54 Å². The lowest BCUT2D eigenvalue weighted by Crippen LogP contribution is -2.15. The van der Waals surface area contributed by atoms with E-state index in [0.717, 1.165) is 23.1 Å². The summed E-state index contributed by atoms with van der Waals surface area (Å²) in [5.74, 6) is 0.641. The smallest absolute Gasteiger partial charge is 0.219 e. The van der Waals surface area contributed by atoms with E-state index in [2.05, 4.69) is 58.5 Å². The molecule has 0 radical (unpaired) electrons. The number of nitrogens with zero attached hydrogens (tertiary/aromatic N) is 2. The average Bonchev–Trinajstić information content (AvgIpc) is 2.84. The lowest BCUT2D eigenvalue weighted by atomic mass is 9.92. The Hall–Kier alpha value is -3.43. The summed E-state index contributed by atoms with van der Waals surface area (Å²) in [6, 6.07) is 28.5. The van der Waals surface area contributed by atoms with Gasteiger partial charge in [0.1, 0.15) is 5.84 Å². The molecule has 3 nitrogen and oxygen atoms in total. The minimum absolute atomic E-state index is 0.173. The Bertz CT molecular complexity index is 1150. The molecule has 1 aliphatic rings. The van der Waals surface area contributed by atoms with E-state index >= 15 is 0 Å². The van der Waals surface area contributed by atoms with Crippen molar-refractivity contribution < 1.29 is 0 Å². The fourth-order valence-corrected chi connectivity index (χ4v) is 3.74. The van der Waals surface area contributed by atoms with Crippen LogP contribution in [0, 0.1) is 5.92 Å². The number of hydrogen-bond donors (Lipinski definition) is 1. The number of hydrogen-bond acceptors (Lipinski definition) is 1. The van der Waals surface area contributed by atoms with Crippen molar-refractivity contribution in [3.63, 3.8) is 0 Å². The van der Waals surface area contributed by atoms with Crippen molar-refractivity contribution >= 4 is 28.3 Å². The van der Waals surface area contributed by atoms with Crippen LogP contribution in [0.15, 0.2) is 113 Å². The highest BCUT2D eigenvalue weighted by Crippen LogP contribution is 2.25. The van der Waals surface area contributed by atoms with Gasteiger partial charge in [0, 0.05) is 18.0 Å². The van der Waals surface area contributed by atoms with Crippen LogP contribution in [-0.2, 0) is 0 Å². The van der Waals surface area contributed by atoms with Crippen LogP contribution < -0.4 is 5.73 Å². The highest BCUT2D eigenvalue weighted by Gasteiger charge is 2.11. The van der Waals surface area contributed by atoms with E-state index in [1.54, 1.807) is 0 Å². The van der Waals surface area contributed by atoms with Crippen LogP contribution in [-0.4, -0.2) is 17.7 Å². The first-order chi connectivity index (χ1) is 15.2. The maximum Gasteiger partial charge on any atom is 0.219 e. The summed E-state index contributed by atoms with van der Waals surface area (Å²) in [6.07, 6.45) is 7.53. The van der Waals surface area contributed by atoms with Crippen molar-refractivity contribution in [1.82, 2.24) is 0 Å². The van der Waals surface area contributed by atoms with Gasteiger partial charge in [-0.1, -0.05) is 97.1 Å². The third-order valence-electron chi connectivity index (χ3n) is 5.19. The van der Waals surface area contributed by atoms with Gasteiger partial charge >= 0.3 is 0 Å². The van der Waals surface area contributed by atoms with E-state index in [9.17, 15) is 0 Å². The van der Waals surface area contributed by atoms with Gasteiger partial charge in [-0.2, -0.15) is 0 Å². The number of nitrogens with two attached hydrogens (primary N) is 1. The molecule has 3 aromatic carbocycles. The predicted octanol–water partition coefficient (Wildman–Crippen LogP) is 6.31. The van der Waals surface area contributed by atoms with Crippen molar-refractivity contribution in [2.45, 2.75) is 6.42 Å². The molecule has 0 bridgehead atoms. The summed E-state index contributed by atoms with van der Waals surface area (Å²) in [6.45, 7) is 0.570. The number of rotatable bonds is 5. The van der Waals surface area contributed by atoms with Crippen molar-refractivity contribution in [3.05, 3.63) is 114 Å². The Kier molecular flexibility index (Phi) is 6.75. The van der Waals surface area contributed by atoms with Gasteiger partial charge in [-0.15, -0.1) is 0 Å². The molecule has 3 aromatic rings. The Morgan fingerprint density at radius 3 is 2.29 bits per heavy atom. The van der Waals surface area contributed by atoms with Crippen LogP contribution >= 0.6 is 11.6 Å². The maximum atomic E-state index is 6.30. The molecule has 0 fully saturated rings. The fraction of sp³-hybridized carbons (Fsp3) is 0.111. The molecule has 0 amide bonds. The summed E-state index contributed by atoms with van der Waals surface area (Å²) >= 11 is 6.30. The summed E-state index contributed by atoms with van der Waals surface area (Å²) < 4.78 is 0. The molecule has 31 heavy (non-hydrogen) atoms. The number of aliphatic imine (C=N–C) groups is 2. The molecule has 0 spiro atoms. The lowest BCUT2D eigenvalue weighted by Gasteiger charge is -2.15. The van der Waals surface area contributed by atoms with Crippen molar-refractivity contribution in [3.8, 4) is 11.1 Å². The Morgan fingerprint density at radius 2 is 1.55 bits per heavy atom. The summed E-state index contributed by atoms with van der Waals surface area (Å²) in [4.78, 5) is 8.77. The average molecular weight is 426 g/mol. The minimum atomic E-state index is 0.173. The van der Waals surface area contributed by atoms with Crippen LogP contribution in [0.5, 0.6) is 0 Å². The van der Waals surface area contributed by atoms with Gasteiger partial charge in [-0.3, -0.25) is 4.99 Å². The van der Waals surface area contributed by atoms with E-state index in [1.165, 1.54) is 11.1 Å². The first-order valence-corrected chi connectivity index (χ1v) is 10.7. The maximum absolute atomic E-state index is 6.30. The molecule has 0 aromatic heterocycles. The van der Waals surface area contributed by atoms with E-state index in [4.69, 9.17) is 17.3 Å². The number of amidine groups is 2. The monoisotopic (exact) mass is 425 g/mol. The third kappa shape index (κ3) is 5.59. The topological polar surface area (TPSA) is 50.7 Å². The van der Waals surface area contributed by atoms with E-state index < -0.39 is 0 Å². The predicted molar refractivity (Wildman–Crippen MR) is 132 cm³/mol. The Morgan fingerprint density at radius 1 is 0.871 bits per heavy atom. The summed E-state index contributed by atoms with van der Waals surface area (Å²) in [5, 5.41) is 0.173. The number of halogens is 1. The zero-order chi connectivity index (χ0) is 21.5. The van der Waals surface area contributed by atoms with E-state index in [-0.39, 0.29) is 11.2 Å². The van der Waals surface area contributed by atoms with Gasteiger partial charge < -0.3 is 5.73 Å². The lowest BCUT2D eigenvalue weighted by molar-refractivity contribution is 0.673. The van der Waals surface area contributed by atoms with Gasteiger partial charge in [0.05, 0.1) is 0 Å². The third-order valence-corrected chi connectivity index (χ3v) is 5.40. The standard InChI is InChI=1S/C27H24ClN3/c28-27(30-19-20-9-7-14-23(17-20)21-10-3-1-4-11-21)31-26(29)25-16-8-15-24(18-25)22-12-5-2-6-13-22/h1-8,10-18,20H,9,19H2,(H2,29,30,31). The van der Waals surface area contributed by atoms with E-state index in [0.29, 0.717) is 12.4 Å². The van der Waals surface area contributed by atoms with Crippen LogP contribution in [0.2, 0.25) is 0 Å². The molecule has 0 heterocycles. The zero-order valence-corrected chi connectivity index (χ0v) is 17.9. The van der Waals surface area contributed by atoms with Gasteiger partial charge in [-0.25, -0.2) is 4.99 Å². The fourth-order valence-electron chi connectivity index (χ4n) is 3.58. The molecule has 0 saturated carbocycles. The Balaban J connectivity index is 1.45. The largest absolute Gasteiger partial charge is 0.383 e. The second-order valence-corrected chi connectivity index (χ2v) is 7.78. The van der Waals surface area contributed by atoms with Crippen LogP contribution in [0.4, 0.5) is 0 Å². The first kappa shape index (κ1) is 20.8. The van der Waals surface area contributed by atoms with Crippen molar-refractivity contribution in [2.24, 2.45) is 21.6 Å². The number of benzene rings is 3. The zero-order valence-electron chi connectivity index (χ0n) is 17.2. The van der Waals surface area contributed by atoms with E-state index in [1.807, 2.05) is 54.6 Å². The minimum Gasteiger partial charge on any atom is -0.383 e. The molecule has 0 aliphatic heterocycles. The molecule has 4 rings (SSSR count). The molecule has 154 valence electrons. The van der Waals surface area contributed by atoms with Gasteiger partial charge in [0.15, 0.2) is 0 Å². The Labute approximate surface area is 188 Å². The molecule has 1 aliphatic carbocycles. The van der Waals surface area contributed by atoms with Crippen LogP contribution in [0.25, 0.3) is 16.7 Å². The quantitative estimate of drug-likeness (QED) is 0.290.